The van der Waals surface area contributed by atoms with E-state index >= 15 is 0 Å². The Labute approximate surface area is 166 Å². The average Bonchev–Trinajstić information content (AvgIpc) is 3.20. The zero-order valence-corrected chi connectivity index (χ0v) is 15.7. The molecule has 0 spiro atoms. The molecule has 7 heteroatoms. The number of aromatic nitrogens is 1. The Kier molecular flexibility index (Phi) is 4.46. The van der Waals surface area contributed by atoms with Gasteiger partial charge in [0.15, 0.2) is 0 Å². The number of nitrogens with two attached hydrogens (primary N) is 1. The van der Waals surface area contributed by atoms with Crippen LogP contribution in [0.25, 0.3) is 0 Å². The van der Waals surface area contributed by atoms with Crippen LogP contribution >= 0.6 is 11.6 Å². The highest BCUT2D eigenvalue weighted by Gasteiger charge is 2.36. The molecule has 0 bridgehead atoms. The molecule has 2 N–H and O–H groups in total. The van der Waals surface area contributed by atoms with Crippen molar-refractivity contribution in [2.24, 2.45) is 5.73 Å². The summed E-state index contributed by atoms with van der Waals surface area (Å²) in [6.07, 6.45) is 1.50. The molecule has 0 radical (unpaired) electrons. The minimum Gasteiger partial charge on any atom is -0.468 e. The molecule has 1 aliphatic rings. The molecular formula is C21H16ClN3O3. The first-order chi connectivity index (χ1) is 13.5. The van der Waals surface area contributed by atoms with Crippen LogP contribution in [0.15, 0.2) is 69.4 Å². The highest BCUT2D eigenvalue weighted by Crippen LogP contribution is 2.40. The Balaban J connectivity index is 1.89. The van der Waals surface area contributed by atoms with Gasteiger partial charge in [-0.15, -0.1) is 0 Å². The Morgan fingerprint density at radius 3 is 2.68 bits per heavy atom. The molecule has 0 amide bonds. The van der Waals surface area contributed by atoms with E-state index in [1.807, 2.05) is 19.1 Å². The topological polar surface area (TPSA) is 94.2 Å². The van der Waals surface area contributed by atoms with Crippen molar-refractivity contribution in [3.05, 3.63) is 98.1 Å². The molecular weight excluding hydrogens is 378 g/mol. The van der Waals surface area contributed by atoms with Gasteiger partial charge in [-0.1, -0.05) is 23.7 Å². The van der Waals surface area contributed by atoms with Gasteiger partial charge in [0.25, 0.3) is 5.56 Å². The third-order valence-corrected chi connectivity index (χ3v) is 5.02. The number of fused-ring (bicyclic) bond motifs is 1. The SMILES string of the molecule is Cc1cc2c(c(=O)n1Cc1ccc(Cl)cc1)[C@@H](c1ccco1)C(C#N)=C(N)O2. The second-order valence-corrected chi connectivity index (χ2v) is 6.96. The fourth-order valence-corrected chi connectivity index (χ4v) is 3.52. The zero-order valence-electron chi connectivity index (χ0n) is 15.0. The van der Waals surface area contributed by atoms with Crippen LogP contribution in [0.2, 0.25) is 5.02 Å². The first-order valence-corrected chi connectivity index (χ1v) is 8.97. The van der Waals surface area contributed by atoms with Gasteiger partial charge in [0.1, 0.15) is 23.2 Å². The summed E-state index contributed by atoms with van der Waals surface area (Å²) in [5.74, 6) is 0.0646. The Morgan fingerprint density at radius 1 is 1.29 bits per heavy atom. The molecule has 28 heavy (non-hydrogen) atoms. The van der Waals surface area contributed by atoms with Crippen LogP contribution in [0.1, 0.15) is 28.5 Å². The van der Waals surface area contributed by atoms with Crippen molar-refractivity contribution in [2.75, 3.05) is 0 Å². The first kappa shape index (κ1) is 18.0. The summed E-state index contributed by atoms with van der Waals surface area (Å²) in [6.45, 7) is 2.18. The van der Waals surface area contributed by atoms with Crippen LogP contribution in [0, 0.1) is 18.3 Å². The molecule has 2 aromatic heterocycles. The summed E-state index contributed by atoms with van der Waals surface area (Å²) < 4.78 is 12.8. The maximum absolute atomic E-state index is 13.4. The monoisotopic (exact) mass is 393 g/mol. The van der Waals surface area contributed by atoms with E-state index in [9.17, 15) is 10.1 Å². The lowest BCUT2D eigenvalue weighted by atomic mass is 9.88. The molecule has 6 nitrogen and oxygen atoms in total. The van der Waals surface area contributed by atoms with Crippen molar-refractivity contribution in [3.8, 4) is 11.8 Å². The Hall–Kier alpha value is -3.43. The molecule has 0 saturated carbocycles. The molecule has 3 heterocycles. The molecule has 0 aliphatic carbocycles. The summed E-state index contributed by atoms with van der Waals surface area (Å²) >= 11 is 5.95. The fraction of sp³-hybridized carbons (Fsp3) is 0.143. The van der Waals surface area contributed by atoms with Crippen molar-refractivity contribution in [3.63, 3.8) is 0 Å². The summed E-state index contributed by atoms with van der Waals surface area (Å²) in [4.78, 5) is 13.4. The number of pyridine rings is 1. The van der Waals surface area contributed by atoms with E-state index in [1.165, 1.54) is 6.26 Å². The summed E-state index contributed by atoms with van der Waals surface area (Å²) in [5, 5.41) is 10.2. The number of hydrogen-bond donors (Lipinski definition) is 1. The van der Waals surface area contributed by atoms with E-state index in [2.05, 4.69) is 6.07 Å². The van der Waals surface area contributed by atoms with Gasteiger partial charge in [0.2, 0.25) is 5.88 Å². The molecule has 0 unspecified atom stereocenters. The lowest BCUT2D eigenvalue weighted by Gasteiger charge is -2.26. The third kappa shape index (κ3) is 2.96. The standard InChI is InChI=1S/C21H16ClN3O3/c1-12-9-17-19(21(26)25(12)11-13-4-6-14(22)7-5-13)18(16-3-2-8-27-16)15(10-23)20(24)28-17/h2-9,18H,11,24H2,1H3/t18-/m1/s1. The van der Waals surface area contributed by atoms with Crippen molar-refractivity contribution in [1.29, 1.82) is 5.26 Å². The predicted molar refractivity (Wildman–Crippen MR) is 104 cm³/mol. The van der Waals surface area contributed by atoms with Gasteiger partial charge in [-0.05, 0) is 36.8 Å². The number of nitrogens with zero attached hydrogens (tertiary/aromatic N) is 2. The van der Waals surface area contributed by atoms with E-state index in [-0.39, 0.29) is 17.0 Å². The van der Waals surface area contributed by atoms with Gasteiger partial charge in [0.05, 0.1) is 24.3 Å². The number of halogens is 1. The summed E-state index contributed by atoms with van der Waals surface area (Å²) in [6, 6.07) is 14.5. The van der Waals surface area contributed by atoms with Crippen LogP contribution in [-0.4, -0.2) is 4.57 Å². The number of nitriles is 1. The number of ether oxygens (including phenoxy) is 1. The highest BCUT2D eigenvalue weighted by atomic mass is 35.5. The molecule has 1 aliphatic heterocycles. The normalized spacial score (nSPS) is 15.7. The Bertz CT molecular complexity index is 1170. The smallest absolute Gasteiger partial charge is 0.259 e. The molecule has 4 rings (SSSR count). The van der Waals surface area contributed by atoms with Gasteiger partial charge in [-0.25, -0.2) is 0 Å². The van der Waals surface area contributed by atoms with Crippen LogP contribution in [0.4, 0.5) is 0 Å². The minimum atomic E-state index is -0.715. The quantitative estimate of drug-likeness (QED) is 0.732. The van der Waals surface area contributed by atoms with E-state index < -0.39 is 5.92 Å². The zero-order chi connectivity index (χ0) is 19.8. The fourth-order valence-electron chi connectivity index (χ4n) is 3.40. The van der Waals surface area contributed by atoms with E-state index in [0.29, 0.717) is 34.3 Å². The second-order valence-electron chi connectivity index (χ2n) is 6.52. The summed E-state index contributed by atoms with van der Waals surface area (Å²) in [7, 11) is 0. The van der Waals surface area contributed by atoms with E-state index in [1.54, 1.807) is 34.9 Å². The van der Waals surface area contributed by atoms with Crippen LogP contribution in [0.3, 0.4) is 0 Å². The first-order valence-electron chi connectivity index (χ1n) is 8.59. The van der Waals surface area contributed by atoms with Crippen LogP contribution in [0.5, 0.6) is 5.75 Å². The lowest BCUT2D eigenvalue weighted by molar-refractivity contribution is 0.379. The number of rotatable bonds is 3. The lowest BCUT2D eigenvalue weighted by Crippen LogP contribution is -2.32. The van der Waals surface area contributed by atoms with Crippen LogP contribution < -0.4 is 16.0 Å². The average molecular weight is 394 g/mol. The molecule has 0 saturated heterocycles. The number of benzene rings is 1. The number of aryl methyl sites for hydroxylation is 1. The van der Waals surface area contributed by atoms with Crippen molar-refractivity contribution >= 4 is 11.6 Å². The van der Waals surface area contributed by atoms with E-state index in [0.717, 1.165) is 5.56 Å². The van der Waals surface area contributed by atoms with Crippen molar-refractivity contribution < 1.29 is 9.15 Å². The molecule has 140 valence electrons. The predicted octanol–water partition coefficient (Wildman–Crippen LogP) is 3.67. The molecule has 3 aromatic rings. The summed E-state index contributed by atoms with van der Waals surface area (Å²) in [5.41, 5.74) is 7.82. The molecule has 0 fully saturated rings. The van der Waals surface area contributed by atoms with Gasteiger partial charge in [0, 0.05) is 16.8 Å². The Morgan fingerprint density at radius 2 is 2.04 bits per heavy atom. The van der Waals surface area contributed by atoms with Gasteiger partial charge >= 0.3 is 0 Å². The second kappa shape index (κ2) is 6.95. The number of furan rings is 1. The van der Waals surface area contributed by atoms with Crippen LogP contribution in [-0.2, 0) is 6.54 Å². The van der Waals surface area contributed by atoms with Gasteiger partial charge < -0.3 is 19.5 Å². The highest BCUT2D eigenvalue weighted by molar-refractivity contribution is 6.30. The minimum absolute atomic E-state index is 0.0225. The van der Waals surface area contributed by atoms with Gasteiger partial charge in [-0.3, -0.25) is 4.79 Å². The largest absolute Gasteiger partial charge is 0.468 e. The third-order valence-electron chi connectivity index (χ3n) is 4.77. The van der Waals surface area contributed by atoms with Gasteiger partial charge in [-0.2, -0.15) is 5.26 Å². The maximum atomic E-state index is 13.4. The molecule has 1 aromatic carbocycles. The number of allylic oxidation sites excluding steroid dienone is 1. The maximum Gasteiger partial charge on any atom is 0.259 e. The number of hydrogen-bond acceptors (Lipinski definition) is 5. The van der Waals surface area contributed by atoms with E-state index in [4.69, 9.17) is 26.5 Å². The van der Waals surface area contributed by atoms with Crippen molar-refractivity contribution in [1.82, 2.24) is 4.57 Å². The van der Waals surface area contributed by atoms with Crippen molar-refractivity contribution in [2.45, 2.75) is 19.4 Å². The molecule has 1 atom stereocenters.